The Hall–Kier alpha value is -3.06. The lowest BCUT2D eigenvalue weighted by Gasteiger charge is -2.12. The molecule has 1 heterocycles. The third-order valence-electron chi connectivity index (χ3n) is 3.47. The Morgan fingerprint density at radius 1 is 0.960 bits per heavy atom. The highest BCUT2D eigenvalue weighted by molar-refractivity contribution is 5.95. The van der Waals surface area contributed by atoms with Gasteiger partial charge in [0.1, 0.15) is 0 Å². The van der Waals surface area contributed by atoms with Gasteiger partial charge in [0.25, 0.3) is 5.95 Å². The third-order valence-corrected chi connectivity index (χ3v) is 3.47. The van der Waals surface area contributed by atoms with Crippen molar-refractivity contribution in [2.24, 2.45) is 16.5 Å². The molecule has 1 aromatic heterocycles. The van der Waals surface area contributed by atoms with Gasteiger partial charge < -0.3 is 20.9 Å². The normalized spacial score (nSPS) is 10.0. The van der Waals surface area contributed by atoms with Gasteiger partial charge in [-0.3, -0.25) is 0 Å². The van der Waals surface area contributed by atoms with Crippen molar-refractivity contribution in [2.75, 3.05) is 14.2 Å². The molecular weight excluding hydrogens is 342 g/mol. The van der Waals surface area contributed by atoms with E-state index in [0.717, 1.165) is 10.9 Å². The number of halogens is 1. The smallest absolute Gasteiger partial charge is 0.253 e. The van der Waals surface area contributed by atoms with E-state index in [1.807, 2.05) is 36.4 Å². The summed E-state index contributed by atoms with van der Waals surface area (Å²) in [5, 5.41) is 0.813. The number of benzene rings is 2. The summed E-state index contributed by atoms with van der Waals surface area (Å²) in [5.74, 6) is 1.25. The molecule has 0 aliphatic heterocycles. The molecule has 4 N–H and O–H groups in total. The molecule has 0 aliphatic carbocycles. The Kier molecular flexibility index (Phi) is 5.61. The van der Waals surface area contributed by atoms with Crippen LogP contribution in [0.25, 0.3) is 22.2 Å². The van der Waals surface area contributed by atoms with Crippen molar-refractivity contribution >= 4 is 35.2 Å². The topological polar surface area (TPSA) is 109 Å². The number of ether oxygens (including phenoxy) is 2. The van der Waals surface area contributed by atoms with Crippen LogP contribution in [-0.4, -0.2) is 30.1 Å². The second kappa shape index (κ2) is 7.67. The van der Waals surface area contributed by atoms with E-state index in [9.17, 15) is 0 Å². The fourth-order valence-electron chi connectivity index (χ4n) is 2.42. The lowest BCUT2D eigenvalue weighted by atomic mass is 10.1. The average Bonchev–Trinajstić information content (AvgIpc) is 2.60. The lowest BCUT2D eigenvalue weighted by molar-refractivity contribution is 0.356. The summed E-state index contributed by atoms with van der Waals surface area (Å²) in [4.78, 5) is 12.9. The molecular formula is C17H18ClN5O2. The molecule has 0 amide bonds. The van der Waals surface area contributed by atoms with Crippen LogP contribution in [0.5, 0.6) is 11.5 Å². The van der Waals surface area contributed by atoms with Gasteiger partial charge in [0.15, 0.2) is 17.5 Å². The Morgan fingerprint density at radius 2 is 1.60 bits per heavy atom. The summed E-state index contributed by atoms with van der Waals surface area (Å²) < 4.78 is 10.7. The summed E-state index contributed by atoms with van der Waals surface area (Å²) in [6.45, 7) is 0. The predicted molar refractivity (Wildman–Crippen MR) is 101 cm³/mol. The number of nitrogens with two attached hydrogens (primary N) is 2. The third kappa shape index (κ3) is 3.72. The first-order valence-corrected chi connectivity index (χ1v) is 7.21. The highest BCUT2D eigenvalue weighted by Crippen LogP contribution is 2.36. The number of aliphatic imine (C=N–C) groups is 1. The monoisotopic (exact) mass is 359 g/mol. The van der Waals surface area contributed by atoms with Crippen LogP contribution < -0.4 is 20.9 Å². The SMILES string of the molecule is COc1cc2nc(N=C(N)N)nc(-c3ccccc3)c2cc1OC.Cl. The number of fused-ring (bicyclic) bond motifs is 1. The number of hydrogen-bond donors (Lipinski definition) is 2. The second-order valence-corrected chi connectivity index (χ2v) is 5.00. The first-order chi connectivity index (χ1) is 11.6. The molecule has 0 spiro atoms. The van der Waals surface area contributed by atoms with E-state index in [-0.39, 0.29) is 24.3 Å². The molecule has 0 saturated carbocycles. The van der Waals surface area contributed by atoms with Crippen molar-refractivity contribution in [1.29, 1.82) is 0 Å². The molecule has 0 atom stereocenters. The molecule has 0 radical (unpaired) electrons. The van der Waals surface area contributed by atoms with Gasteiger partial charge in [-0.2, -0.15) is 4.99 Å². The van der Waals surface area contributed by atoms with E-state index < -0.39 is 0 Å². The largest absolute Gasteiger partial charge is 0.493 e. The summed E-state index contributed by atoms with van der Waals surface area (Å²) in [7, 11) is 3.15. The second-order valence-electron chi connectivity index (χ2n) is 5.00. The molecule has 0 fully saturated rings. The van der Waals surface area contributed by atoms with Crippen molar-refractivity contribution in [3.05, 3.63) is 42.5 Å². The molecule has 2 aromatic carbocycles. The van der Waals surface area contributed by atoms with E-state index in [1.165, 1.54) is 0 Å². The van der Waals surface area contributed by atoms with Crippen LogP contribution in [0.4, 0.5) is 5.95 Å². The van der Waals surface area contributed by atoms with Crippen molar-refractivity contribution in [1.82, 2.24) is 9.97 Å². The minimum Gasteiger partial charge on any atom is -0.493 e. The first-order valence-electron chi connectivity index (χ1n) is 7.21. The molecule has 3 rings (SSSR count). The van der Waals surface area contributed by atoms with Crippen LogP contribution in [0.1, 0.15) is 0 Å². The van der Waals surface area contributed by atoms with Crippen LogP contribution in [-0.2, 0) is 0 Å². The van der Waals surface area contributed by atoms with Crippen LogP contribution in [0.3, 0.4) is 0 Å². The van der Waals surface area contributed by atoms with Gasteiger partial charge in [-0.25, -0.2) is 9.97 Å². The fraction of sp³-hybridized carbons (Fsp3) is 0.118. The maximum Gasteiger partial charge on any atom is 0.253 e. The Morgan fingerprint density at radius 3 is 2.20 bits per heavy atom. The molecule has 130 valence electrons. The zero-order chi connectivity index (χ0) is 17.1. The molecule has 25 heavy (non-hydrogen) atoms. The number of hydrogen-bond acceptors (Lipinski definition) is 5. The maximum atomic E-state index is 5.46. The fourth-order valence-corrected chi connectivity index (χ4v) is 2.42. The quantitative estimate of drug-likeness (QED) is 0.547. The van der Waals surface area contributed by atoms with E-state index >= 15 is 0 Å². The molecule has 7 nitrogen and oxygen atoms in total. The van der Waals surface area contributed by atoms with E-state index in [4.69, 9.17) is 20.9 Å². The number of rotatable bonds is 4. The minimum absolute atomic E-state index is 0. The molecule has 0 saturated heterocycles. The molecule has 8 heteroatoms. The molecule has 0 bridgehead atoms. The average molecular weight is 360 g/mol. The lowest BCUT2D eigenvalue weighted by Crippen LogP contribution is -2.22. The van der Waals surface area contributed by atoms with Crippen molar-refractivity contribution < 1.29 is 9.47 Å². The van der Waals surface area contributed by atoms with Crippen molar-refractivity contribution in [3.63, 3.8) is 0 Å². The van der Waals surface area contributed by atoms with E-state index in [0.29, 0.717) is 22.7 Å². The zero-order valence-corrected chi connectivity index (χ0v) is 14.6. The number of guanidine groups is 1. The van der Waals surface area contributed by atoms with Gasteiger partial charge in [-0.15, -0.1) is 12.4 Å². The molecule has 0 aliphatic rings. The van der Waals surface area contributed by atoms with Gasteiger partial charge in [-0.1, -0.05) is 30.3 Å². The van der Waals surface area contributed by atoms with Crippen molar-refractivity contribution in [2.45, 2.75) is 0 Å². The Bertz CT molecular complexity index is 912. The van der Waals surface area contributed by atoms with Crippen LogP contribution >= 0.6 is 12.4 Å². The minimum atomic E-state index is -0.103. The predicted octanol–water partition coefficient (Wildman–Crippen LogP) is 2.64. The van der Waals surface area contributed by atoms with Crippen LogP contribution in [0.15, 0.2) is 47.5 Å². The summed E-state index contributed by atoms with van der Waals surface area (Å²) >= 11 is 0. The van der Waals surface area contributed by atoms with E-state index in [2.05, 4.69) is 15.0 Å². The summed E-state index contributed by atoms with van der Waals surface area (Å²) in [5.41, 5.74) is 13.2. The summed E-state index contributed by atoms with van der Waals surface area (Å²) in [6, 6.07) is 13.3. The summed E-state index contributed by atoms with van der Waals surface area (Å²) in [6.07, 6.45) is 0. The highest BCUT2D eigenvalue weighted by Gasteiger charge is 2.14. The van der Waals surface area contributed by atoms with Gasteiger partial charge in [0, 0.05) is 17.0 Å². The van der Waals surface area contributed by atoms with Gasteiger partial charge in [-0.05, 0) is 6.07 Å². The number of aromatic nitrogens is 2. The van der Waals surface area contributed by atoms with Gasteiger partial charge in [0.2, 0.25) is 0 Å². The van der Waals surface area contributed by atoms with Gasteiger partial charge >= 0.3 is 0 Å². The van der Waals surface area contributed by atoms with Gasteiger partial charge in [0.05, 0.1) is 25.4 Å². The standard InChI is InChI=1S/C17H17N5O2.ClH/c1-23-13-8-11-12(9-14(13)24-2)20-17(22-16(18)19)21-15(11)10-6-4-3-5-7-10;/h3-9H,1-2H3,(H4,18,19,20,21,22);1H. The highest BCUT2D eigenvalue weighted by atomic mass is 35.5. The Labute approximate surface area is 151 Å². The zero-order valence-electron chi connectivity index (χ0n) is 13.8. The van der Waals surface area contributed by atoms with E-state index in [1.54, 1.807) is 20.3 Å². The maximum absolute atomic E-state index is 5.46. The molecule has 3 aromatic rings. The molecule has 0 unspecified atom stereocenters. The van der Waals surface area contributed by atoms with Crippen molar-refractivity contribution in [3.8, 4) is 22.8 Å². The first kappa shape index (κ1) is 18.3. The number of methoxy groups -OCH3 is 2. The van der Waals surface area contributed by atoms with Crippen LogP contribution in [0, 0.1) is 0 Å². The van der Waals surface area contributed by atoms with Crippen LogP contribution in [0.2, 0.25) is 0 Å². The number of nitrogens with zero attached hydrogens (tertiary/aromatic N) is 3. The Balaban J connectivity index is 0.00000225.